The lowest BCUT2D eigenvalue weighted by atomic mass is 9.82. The number of nitrogens with one attached hydrogen (secondary N) is 1. The van der Waals surface area contributed by atoms with Gasteiger partial charge in [-0.05, 0) is 30.4 Å². The molecule has 0 saturated carbocycles. The Morgan fingerprint density at radius 1 is 1.50 bits per heavy atom. The fourth-order valence-electron chi connectivity index (χ4n) is 2.36. The maximum Gasteiger partial charge on any atom is 0.227 e. The third kappa shape index (κ3) is 2.61. The zero-order valence-corrected chi connectivity index (χ0v) is 10.1. The number of rotatable bonds is 3. The van der Waals surface area contributed by atoms with Gasteiger partial charge in [0.2, 0.25) is 5.91 Å². The number of benzene rings is 1. The van der Waals surface area contributed by atoms with E-state index in [1.54, 1.807) is 0 Å². The summed E-state index contributed by atoms with van der Waals surface area (Å²) in [7, 11) is 0. The average molecular weight is 247 g/mol. The largest absolute Gasteiger partial charge is 0.409 e. The first-order valence-electron chi connectivity index (χ1n) is 6.04. The second kappa shape index (κ2) is 5.53. The van der Waals surface area contributed by atoms with Crippen molar-refractivity contribution in [3.8, 4) is 0 Å². The van der Waals surface area contributed by atoms with Gasteiger partial charge in [-0.2, -0.15) is 0 Å². The molecular formula is C13H17N3O2. The first-order valence-corrected chi connectivity index (χ1v) is 6.04. The Labute approximate surface area is 106 Å². The Bertz CT molecular complexity index is 471. The molecule has 0 aromatic heterocycles. The Morgan fingerprint density at radius 3 is 3.06 bits per heavy atom. The minimum absolute atomic E-state index is 0.00689. The number of oxime groups is 1. The summed E-state index contributed by atoms with van der Waals surface area (Å²) in [5, 5.41) is 13.9. The molecule has 1 aliphatic rings. The van der Waals surface area contributed by atoms with Crippen LogP contribution < -0.4 is 11.1 Å². The van der Waals surface area contributed by atoms with E-state index in [2.05, 4.69) is 16.5 Å². The van der Waals surface area contributed by atoms with Gasteiger partial charge in [-0.1, -0.05) is 29.4 Å². The number of aryl methyl sites for hydroxylation is 1. The van der Waals surface area contributed by atoms with Crippen molar-refractivity contribution in [2.24, 2.45) is 10.9 Å². The zero-order chi connectivity index (χ0) is 13.0. The predicted molar refractivity (Wildman–Crippen MR) is 68.5 cm³/mol. The molecule has 0 radical (unpaired) electrons. The minimum Gasteiger partial charge on any atom is -0.409 e. The van der Waals surface area contributed by atoms with Crippen molar-refractivity contribution in [2.45, 2.75) is 25.2 Å². The number of hydrogen-bond acceptors (Lipinski definition) is 3. The third-order valence-electron chi connectivity index (χ3n) is 3.26. The molecule has 0 heterocycles. The summed E-state index contributed by atoms with van der Waals surface area (Å²) in [4.78, 5) is 12.1. The topological polar surface area (TPSA) is 87.7 Å². The average Bonchev–Trinajstić information content (AvgIpc) is 2.43. The highest BCUT2D eigenvalue weighted by molar-refractivity contribution is 5.90. The predicted octanol–water partition coefficient (Wildman–Crippen LogP) is 0.969. The highest BCUT2D eigenvalue weighted by Crippen LogP contribution is 2.31. The SMILES string of the molecule is NC(CNC(=O)C1CCCc2ccccc21)=NO. The number of amidine groups is 1. The Morgan fingerprint density at radius 2 is 2.28 bits per heavy atom. The molecule has 1 aromatic carbocycles. The van der Waals surface area contributed by atoms with Crippen molar-refractivity contribution in [1.82, 2.24) is 5.32 Å². The molecule has 1 unspecified atom stereocenters. The van der Waals surface area contributed by atoms with Crippen molar-refractivity contribution in [3.05, 3.63) is 35.4 Å². The van der Waals surface area contributed by atoms with E-state index in [1.807, 2.05) is 18.2 Å². The van der Waals surface area contributed by atoms with E-state index >= 15 is 0 Å². The van der Waals surface area contributed by atoms with Crippen molar-refractivity contribution >= 4 is 11.7 Å². The van der Waals surface area contributed by atoms with Gasteiger partial charge < -0.3 is 16.3 Å². The standard InChI is InChI=1S/C13H17N3O2/c14-12(16-18)8-15-13(17)11-7-3-5-9-4-1-2-6-10(9)11/h1-2,4,6,11,18H,3,5,7-8H2,(H2,14,16)(H,15,17). The summed E-state index contributed by atoms with van der Waals surface area (Å²) in [5.41, 5.74) is 7.67. The first kappa shape index (κ1) is 12.4. The molecule has 2 rings (SSSR count). The zero-order valence-electron chi connectivity index (χ0n) is 10.1. The first-order chi connectivity index (χ1) is 8.72. The van der Waals surface area contributed by atoms with Crippen LogP contribution in [0.3, 0.4) is 0 Å². The molecule has 0 bridgehead atoms. The summed E-state index contributed by atoms with van der Waals surface area (Å²) < 4.78 is 0. The van der Waals surface area contributed by atoms with Crippen LogP contribution >= 0.6 is 0 Å². The maximum atomic E-state index is 12.1. The number of nitrogens with two attached hydrogens (primary N) is 1. The van der Waals surface area contributed by atoms with Gasteiger partial charge in [-0.3, -0.25) is 4.79 Å². The maximum absolute atomic E-state index is 12.1. The molecule has 96 valence electrons. The van der Waals surface area contributed by atoms with Gasteiger partial charge in [0.05, 0.1) is 12.5 Å². The molecule has 1 amide bonds. The van der Waals surface area contributed by atoms with Crippen LogP contribution in [0, 0.1) is 0 Å². The van der Waals surface area contributed by atoms with Crippen molar-refractivity contribution in [3.63, 3.8) is 0 Å². The van der Waals surface area contributed by atoms with Crippen molar-refractivity contribution in [2.75, 3.05) is 6.54 Å². The Balaban J connectivity index is 2.08. The van der Waals surface area contributed by atoms with Crippen molar-refractivity contribution < 1.29 is 10.0 Å². The lowest BCUT2D eigenvalue weighted by Crippen LogP contribution is -2.37. The second-order valence-electron chi connectivity index (χ2n) is 4.45. The van der Waals surface area contributed by atoms with E-state index < -0.39 is 0 Å². The van der Waals surface area contributed by atoms with E-state index in [-0.39, 0.29) is 24.2 Å². The normalized spacial score (nSPS) is 19.1. The molecule has 1 aromatic rings. The Hall–Kier alpha value is -2.04. The Kier molecular flexibility index (Phi) is 3.82. The molecule has 0 spiro atoms. The monoisotopic (exact) mass is 247 g/mol. The van der Waals surface area contributed by atoms with Crippen molar-refractivity contribution in [1.29, 1.82) is 0 Å². The molecule has 5 nitrogen and oxygen atoms in total. The molecule has 0 saturated heterocycles. The smallest absolute Gasteiger partial charge is 0.227 e. The molecule has 18 heavy (non-hydrogen) atoms. The second-order valence-corrected chi connectivity index (χ2v) is 4.45. The van der Waals surface area contributed by atoms with Crippen LogP contribution in [0.25, 0.3) is 0 Å². The lowest BCUT2D eigenvalue weighted by Gasteiger charge is -2.24. The highest BCUT2D eigenvalue weighted by atomic mass is 16.4. The third-order valence-corrected chi connectivity index (χ3v) is 3.26. The van der Waals surface area contributed by atoms with Crippen LogP contribution in [0.1, 0.15) is 29.9 Å². The van der Waals surface area contributed by atoms with E-state index in [0.717, 1.165) is 24.8 Å². The van der Waals surface area contributed by atoms with Crippen LogP contribution in [0.2, 0.25) is 0 Å². The van der Waals surface area contributed by atoms with Gasteiger partial charge in [-0.15, -0.1) is 0 Å². The van der Waals surface area contributed by atoms with E-state index in [0.29, 0.717) is 0 Å². The highest BCUT2D eigenvalue weighted by Gasteiger charge is 2.25. The van der Waals surface area contributed by atoms with Gasteiger partial charge in [-0.25, -0.2) is 0 Å². The molecule has 5 heteroatoms. The molecule has 4 N–H and O–H groups in total. The van der Waals surface area contributed by atoms with Crippen LogP contribution in [0.15, 0.2) is 29.4 Å². The summed E-state index contributed by atoms with van der Waals surface area (Å²) in [6, 6.07) is 8.02. The fraction of sp³-hybridized carbons (Fsp3) is 0.385. The minimum atomic E-state index is -0.124. The van der Waals surface area contributed by atoms with Crippen LogP contribution in [0.5, 0.6) is 0 Å². The van der Waals surface area contributed by atoms with Crippen LogP contribution in [0.4, 0.5) is 0 Å². The van der Waals surface area contributed by atoms with Gasteiger partial charge in [0.1, 0.15) is 0 Å². The van der Waals surface area contributed by atoms with Gasteiger partial charge >= 0.3 is 0 Å². The number of amides is 1. The molecule has 0 fully saturated rings. The van der Waals surface area contributed by atoms with Crippen LogP contribution in [-0.4, -0.2) is 23.5 Å². The fourth-order valence-corrected chi connectivity index (χ4v) is 2.36. The summed E-state index contributed by atoms with van der Waals surface area (Å²) in [5.74, 6) is -0.178. The van der Waals surface area contributed by atoms with E-state index in [1.165, 1.54) is 5.56 Å². The number of hydrogen-bond donors (Lipinski definition) is 3. The molecule has 0 aliphatic heterocycles. The lowest BCUT2D eigenvalue weighted by molar-refractivity contribution is -0.122. The number of nitrogens with zero attached hydrogens (tertiary/aromatic N) is 1. The molecule has 1 aliphatic carbocycles. The van der Waals surface area contributed by atoms with E-state index in [4.69, 9.17) is 10.9 Å². The van der Waals surface area contributed by atoms with Gasteiger partial charge in [0, 0.05) is 0 Å². The molecular weight excluding hydrogens is 230 g/mol. The number of carbonyl (C=O) groups excluding carboxylic acids is 1. The number of carbonyl (C=O) groups is 1. The summed E-state index contributed by atoms with van der Waals surface area (Å²) in [6.45, 7) is 0.0774. The van der Waals surface area contributed by atoms with Gasteiger partial charge in [0.15, 0.2) is 5.84 Å². The summed E-state index contributed by atoms with van der Waals surface area (Å²) in [6.07, 6.45) is 2.89. The summed E-state index contributed by atoms with van der Waals surface area (Å²) >= 11 is 0. The molecule has 1 atom stereocenters. The van der Waals surface area contributed by atoms with E-state index in [9.17, 15) is 4.79 Å². The quantitative estimate of drug-likeness (QED) is 0.322. The van der Waals surface area contributed by atoms with Gasteiger partial charge in [0.25, 0.3) is 0 Å². The number of fused-ring (bicyclic) bond motifs is 1. The van der Waals surface area contributed by atoms with Crippen LogP contribution in [-0.2, 0) is 11.2 Å².